The average molecular weight is 401 g/mol. The molecule has 1 aromatic rings. The zero-order valence-corrected chi connectivity index (χ0v) is 14.2. The molecule has 2 heterocycles. The average Bonchev–Trinajstić information content (AvgIpc) is 2.78. The van der Waals surface area contributed by atoms with Crippen LogP contribution in [0.1, 0.15) is 32.6 Å². The number of hydrogen-bond acceptors (Lipinski definition) is 4. The molecule has 2 aliphatic rings. The van der Waals surface area contributed by atoms with Gasteiger partial charge in [-0.3, -0.25) is 10.1 Å². The number of piperidine rings is 1. The maximum Gasteiger partial charge on any atom is 0.282 e. The van der Waals surface area contributed by atoms with Crippen LogP contribution in [0, 0.1) is 13.7 Å². The second kappa shape index (κ2) is 6.08. The van der Waals surface area contributed by atoms with Gasteiger partial charge in [-0.25, -0.2) is 0 Å². The van der Waals surface area contributed by atoms with Gasteiger partial charge in [-0.05, 0) is 67.3 Å². The Kier molecular flexibility index (Phi) is 4.35. The van der Waals surface area contributed by atoms with E-state index in [2.05, 4.69) is 39.7 Å². The van der Waals surface area contributed by atoms with Crippen molar-refractivity contribution in [3.05, 3.63) is 31.9 Å². The van der Waals surface area contributed by atoms with Gasteiger partial charge in [0.1, 0.15) is 0 Å². The molecular weight excluding hydrogens is 381 g/mol. The molecule has 2 aliphatic heterocycles. The lowest BCUT2D eigenvalue weighted by molar-refractivity contribution is -0.385. The van der Waals surface area contributed by atoms with E-state index in [4.69, 9.17) is 0 Å². The first-order valence-electron chi connectivity index (χ1n) is 7.55. The summed E-state index contributed by atoms with van der Waals surface area (Å²) in [6.45, 7) is 3.11. The van der Waals surface area contributed by atoms with E-state index in [-0.39, 0.29) is 10.6 Å². The molecule has 2 unspecified atom stereocenters. The van der Waals surface area contributed by atoms with Gasteiger partial charge in [-0.1, -0.05) is 0 Å². The Morgan fingerprint density at radius 1 is 1.38 bits per heavy atom. The minimum Gasteiger partial charge on any atom is -0.369 e. The summed E-state index contributed by atoms with van der Waals surface area (Å²) in [4.78, 5) is 13.0. The summed E-state index contributed by atoms with van der Waals surface area (Å²) in [6.07, 6.45) is 4.93. The Morgan fingerprint density at radius 3 is 2.57 bits per heavy atom. The fourth-order valence-electron chi connectivity index (χ4n) is 3.76. The number of nitro benzene ring substituents is 1. The highest BCUT2D eigenvalue weighted by molar-refractivity contribution is 14.1. The summed E-state index contributed by atoms with van der Waals surface area (Å²) in [5.74, 6) is 0. The molecule has 5 nitrogen and oxygen atoms in total. The third-order valence-electron chi connectivity index (χ3n) is 4.69. The molecule has 0 radical (unpaired) electrons. The van der Waals surface area contributed by atoms with Gasteiger partial charge in [0.2, 0.25) is 0 Å². The topological polar surface area (TPSA) is 58.4 Å². The zero-order chi connectivity index (χ0) is 15.0. The number of benzene rings is 1. The van der Waals surface area contributed by atoms with Gasteiger partial charge in [-0.15, -0.1) is 0 Å². The van der Waals surface area contributed by atoms with E-state index in [1.54, 1.807) is 6.07 Å². The number of anilines is 1. The van der Waals surface area contributed by atoms with Crippen molar-refractivity contribution in [2.75, 3.05) is 11.4 Å². The van der Waals surface area contributed by atoms with Crippen molar-refractivity contribution < 1.29 is 4.92 Å². The number of nitro groups is 1. The van der Waals surface area contributed by atoms with Gasteiger partial charge in [0.25, 0.3) is 5.69 Å². The maximum atomic E-state index is 10.9. The van der Waals surface area contributed by atoms with E-state index >= 15 is 0 Å². The Bertz CT molecular complexity index is 540. The second-order valence-electron chi connectivity index (χ2n) is 5.94. The van der Waals surface area contributed by atoms with Crippen LogP contribution in [0.3, 0.4) is 0 Å². The van der Waals surface area contributed by atoms with E-state index < -0.39 is 0 Å². The van der Waals surface area contributed by atoms with Crippen LogP contribution >= 0.6 is 22.6 Å². The van der Waals surface area contributed by atoms with Crippen LogP contribution in [0.25, 0.3) is 0 Å². The quantitative estimate of drug-likeness (QED) is 0.478. The van der Waals surface area contributed by atoms with Gasteiger partial charge >= 0.3 is 0 Å². The minimum absolute atomic E-state index is 0.195. The molecular formula is C15H20IN3O2. The van der Waals surface area contributed by atoms with Gasteiger partial charge in [-0.2, -0.15) is 0 Å². The van der Waals surface area contributed by atoms with Crippen LogP contribution in [-0.4, -0.2) is 29.6 Å². The maximum absolute atomic E-state index is 10.9. The van der Waals surface area contributed by atoms with Crippen LogP contribution < -0.4 is 10.2 Å². The highest BCUT2D eigenvalue weighted by atomic mass is 127. The Hall–Kier alpha value is -0.890. The normalized spacial score (nSPS) is 27.6. The zero-order valence-electron chi connectivity index (χ0n) is 12.1. The molecule has 1 aromatic carbocycles. The van der Waals surface area contributed by atoms with Gasteiger partial charge in [0.15, 0.2) is 0 Å². The van der Waals surface area contributed by atoms with Crippen LogP contribution in [0.5, 0.6) is 0 Å². The summed E-state index contributed by atoms with van der Waals surface area (Å²) < 4.78 is 0.713. The molecule has 0 amide bonds. The van der Waals surface area contributed by atoms with Crippen LogP contribution in [0.4, 0.5) is 11.4 Å². The largest absolute Gasteiger partial charge is 0.369 e. The van der Waals surface area contributed by atoms with Crippen molar-refractivity contribution in [2.45, 2.75) is 50.7 Å². The van der Waals surface area contributed by atoms with Crippen molar-refractivity contribution in [3.8, 4) is 0 Å². The van der Waals surface area contributed by atoms with Gasteiger partial charge in [0, 0.05) is 36.4 Å². The molecule has 1 N–H and O–H groups in total. The fourth-order valence-corrected chi connectivity index (χ4v) is 4.45. The smallest absolute Gasteiger partial charge is 0.282 e. The Morgan fingerprint density at radius 2 is 2.05 bits per heavy atom. The van der Waals surface area contributed by atoms with Gasteiger partial charge in [0.05, 0.1) is 8.49 Å². The predicted molar refractivity (Wildman–Crippen MR) is 91.8 cm³/mol. The molecule has 3 rings (SSSR count). The predicted octanol–water partition coefficient (Wildman–Crippen LogP) is 3.31. The molecule has 0 spiro atoms. The summed E-state index contributed by atoms with van der Waals surface area (Å²) in [7, 11) is 0. The summed E-state index contributed by atoms with van der Waals surface area (Å²) in [6, 6.07) is 7.33. The van der Waals surface area contributed by atoms with Crippen molar-refractivity contribution in [3.63, 3.8) is 0 Å². The molecule has 2 bridgehead atoms. The highest BCUT2D eigenvalue weighted by Crippen LogP contribution is 2.34. The number of rotatable bonds is 4. The lowest BCUT2D eigenvalue weighted by atomic mass is 9.97. The molecule has 2 saturated heterocycles. The molecule has 0 saturated carbocycles. The van der Waals surface area contributed by atoms with Crippen molar-refractivity contribution in [1.29, 1.82) is 0 Å². The lowest BCUT2D eigenvalue weighted by Crippen LogP contribution is -2.48. The Labute approximate surface area is 138 Å². The first-order chi connectivity index (χ1) is 10.1. The van der Waals surface area contributed by atoms with Gasteiger partial charge < -0.3 is 10.2 Å². The fraction of sp³-hybridized carbons (Fsp3) is 0.600. The third kappa shape index (κ3) is 3.01. The number of fused-ring (bicyclic) bond motifs is 2. The molecule has 114 valence electrons. The third-order valence-corrected chi connectivity index (χ3v) is 5.55. The number of hydrogen-bond donors (Lipinski definition) is 1. The summed E-state index contributed by atoms with van der Waals surface area (Å²) in [5.41, 5.74) is 1.31. The number of nitrogens with one attached hydrogen (secondary N) is 1. The molecule has 6 heteroatoms. The molecule has 2 fully saturated rings. The first kappa shape index (κ1) is 15.0. The van der Waals surface area contributed by atoms with Crippen molar-refractivity contribution >= 4 is 34.0 Å². The van der Waals surface area contributed by atoms with Crippen molar-refractivity contribution in [2.24, 2.45) is 0 Å². The molecule has 0 aromatic heterocycles. The lowest BCUT2D eigenvalue weighted by Gasteiger charge is -2.38. The SMILES string of the molecule is CCN(c1ccc([N+](=O)[O-])c(I)c1)C1CC2CCC(C1)N2. The molecule has 21 heavy (non-hydrogen) atoms. The summed E-state index contributed by atoms with van der Waals surface area (Å²) >= 11 is 2.06. The molecule has 0 aliphatic carbocycles. The first-order valence-corrected chi connectivity index (χ1v) is 8.63. The summed E-state index contributed by atoms with van der Waals surface area (Å²) in [5, 5.41) is 14.6. The monoisotopic (exact) mass is 401 g/mol. The van der Waals surface area contributed by atoms with Crippen molar-refractivity contribution in [1.82, 2.24) is 5.32 Å². The highest BCUT2D eigenvalue weighted by Gasteiger charge is 2.36. The van der Waals surface area contributed by atoms with E-state index in [0.717, 1.165) is 12.2 Å². The minimum atomic E-state index is -0.313. The second-order valence-corrected chi connectivity index (χ2v) is 7.10. The van der Waals surface area contributed by atoms with Crippen LogP contribution in [-0.2, 0) is 0 Å². The van der Waals surface area contributed by atoms with Crippen LogP contribution in [0.15, 0.2) is 18.2 Å². The van der Waals surface area contributed by atoms with E-state index in [9.17, 15) is 10.1 Å². The van der Waals surface area contributed by atoms with E-state index in [1.165, 1.54) is 25.7 Å². The van der Waals surface area contributed by atoms with E-state index in [1.807, 2.05) is 12.1 Å². The van der Waals surface area contributed by atoms with Crippen LogP contribution in [0.2, 0.25) is 0 Å². The molecule has 2 atom stereocenters. The van der Waals surface area contributed by atoms with E-state index in [0.29, 0.717) is 21.7 Å². The number of halogens is 1. The Balaban J connectivity index is 1.83. The standard InChI is InChI=1S/C15H20IN3O2/c1-2-18(13-7-10-3-4-11(8-13)17-10)12-5-6-15(19(20)21)14(16)9-12/h5-6,9-11,13,17H,2-4,7-8H2,1H3. The number of nitrogens with zero attached hydrogens (tertiary/aromatic N) is 2.